The van der Waals surface area contributed by atoms with E-state index in [0.717, 1.165) is 5.56 Å². The summed E-state index contributed by atoms with van der Waals surface area (Å²) in [6, 6.07) is 11.5. The maximum Gasteiger partial charge on any atom is 0.129 e. The number of nitrogens with zero attached hydrogens (tertiary/aromatic N) is 1. The smallest absolute Gasteiger partial charge is 0.129 e. The average molecular weight is 256 g/mol. The molecule has 0 aliphatic heterocycles. The summed E-state index contributed by atoms with van der Waals surface area (Å²) in [5.41, 5.74) is 2.33. The average Bonchev–Trinajstić information content (AvgIpc) is 2.42. The van der Waals surface area contributed by atoms with Gasteiger partial charge in [-0.1, -0.05) is 12.1 Å². The van der Waals surface area contributed by atoms with Crippen LogP contribution in [0.1, 0.15) is 16.7 Å². The molecular formula is C15H13FN2O. The zero-order chi connectivity index (χ0) is 13.8. The molecule has 0 heterocycles. The summed E-state index contributed by atoms with van der Waals surface area (Å²) in [6.45, 7) is 2.16. The summed E-state index contributed by atoms with van der Waals surface area (Å²) in [5.74, 6) is -0.190. The van der Waals surface area contributed by atoms with Gasteiger partial charge in [0.05, 0.1) is 11.6 Å². The number of hydrogen-bond donors (Lipinski definition) is 2. The molecule has 19 heavy (non-hydrogen) atoms. The van der Waals surface area contributed by atoms with E-state index in [1.807, 2.05) is 6.07 Å². The van der Waals surface area contributed by atoms with Gasteiger partial charge in [-0.25, -0.2) is 4.39 Å². The zero-order valence-corrected chi connectivity index (χ0v) is 10.4. The maximum absolute atomic E-state index is 13.6. The number of nitrogens with one attached hydrogen (secondary N) is 1. The van der Waals surface area contributed by atoms with Gasteiger partial charge in [0.25, 0.3) is 0 Å². The molecule has 2 rings (SSSR count). The topological polar surface area (TPSA) is 56.0 Å². The second-order valence-corrected chi connectivity index (χ2v) is 4.26. The van der Waals surface area contributed by atoms with Crippen LogP contribution in [0.2, 0.25) is 0 Å². The van der Waals surface area contributed by atoms with E-state index in [1.165, 1.54) is 6.07 Å². The minimum atomic E-state index is -0.396. The monoisotopic (exact) mass is 256 g/mol. The van der Waals surface area contributed by atoms with Crippen molar-refractivity contribution in [2.75, 3.05) is 5.32 Å². The molecule has 4 heteroatoms. The van der Waals surface area contributed by atoms with Gasteiger partial charge in [-0.05, 0) is 36.8 Å². The third kappa shape index (κ3) is 3.02. The second-order valence-electron chi connectivity index (χ2n) is 4.26. The molecule has 0 aliphatic rings. The fraction of sp³-hybridized carbons (Fsp3) is 0.133. The quantitative estimate of drug-likeness (QED) is 0.885. The van der Waals surface area contributed by atoms with E-state index in [4.69, 9.17) is 5.26 Å². The maximum atomic E-state index is 13.6. The molecule has 3 nitrogen and oxygen atoms in total. The van der Waals surface area contributed by atoms with Gasteiger partial charge in [0.2, 0.25) is 0 Å². The molecule has 2 N–H and O–H groups in total. The Morgan fingerprint density at radius 3 is 2.58 bits per heavy atom. The largest absolute Gasteiger partial charge is 0.508 e. The number of nitriles is 1. The highest BCUT2D eigenvalue weighted by Gasteiger charge is 2.06. The highest BCUT2D eigenvalue weighted by molar-refractivity contribution is 5.56. The lowest BCUT2D eigenvalue weighted by Gasteiger charge is -2.11. The van der Waals surface area contributed by atoms with E-state index in [9.17, 15) is 9.50 Å². The minimum Gasteiger partial charge on any atom is -0.508 e. The number of halogens is 1. The Balaban J connectivity index is 2.17. The van der Waals surface area contributed by atoms with E-state index in [-0.39, 0.29) is 11.3 Å². The molecule has 0 fully saturated rings. The Morgan fingerprint density at radius 1 is 1.26 bits per heavy atom. The van der Waals surface area contributed by atoms with Gasteiger partial charge in [0.1, 0.15) is 11.6 Å². The van der Waals surface area contributed by atoms with Crippen molar-refractivity contribution in [2.45, 2.75) is 13.5 Å². The Morgan fingerprint density at radius 2 is 1.95 bits per heavy atom. The Labute approximate surface area is 110 Å². The van der Waals surface area contributed by atoms with Crippen LogP contribution in [0.3, 0.4) is 0 Å². The number of aromatic hydroxyl groups is 1. The molecule has 0 radical (unpaired) electrons. The summed E-state index contributed by atoms with van der Waals surface area (Å²) in [6.07, 6.45) is 0. The predicted molar refractivity (Wildman–Crippen MR) is 71.3 cm³/mol. The van der Waals surface area contributed by atoms with Gasteiger partial charge >= 0.3 is 0 Å². The van der Waals surface area contributed by atoms with E-state index in [0.29, 0.717) is 17.8 Å². The van der Waals surface area contributed by atoms with Crippen LogP contribution in [-0.2, 0) is 6.54 Å². The molecule has 96 valence electrons. The Hall–Kier alpha value is -2.54. The number of rotatable bonds is 3. The minimum absolute atomic E-state index is 0.206. The van der Waals surface area contributed by atoms with Gasteiger partial charge < -0.3 is 10.4 Å². The van der Waals surface area contributed by atoms with Crippen molar-refractivity contribution in [3.63, 3.8) is 0 Å². The van der Waals surface area contributed by atoms with Crippen molar-refractivity contribution in [1.29, 1.82) is 5.26 Å². The first-order chi connectivity index (χ1) is 9.10. The van der Waals surface area contributed by atoms with E-state index >= 15 is 0 Å². The molecule has 0 saturated heterocycles. The molecule has 2 aromatic carbocycles. The summed E-state index contributed by atoms with van der Waals surface area (Å²) in [7, 11) is 0. The van der Waals surface area contributed by atoms with Crippen LogP contribution in [0.4, 0.5) is 10.1 Å². The van der Waals surface area contributed by atoms with Crippen LogP contribution in [0.25, 0.3) is 0 Å². The molecule has 2 aromatic rings. The number of hydrogen-bond acceptors (Lipinski definition) is 3. The molecular weight excluding hydrogens is 243 g/mol. The van der Waals surface area contributed by atoms with Gasteiger partial charge in [-0.15, -0.1) is 0 Å². The van der Waals surface area contributed by atoms with Gasteiger partial charge in [0.15, 0.2) is 0 Å². The lowest BCUT2D eigenvalue weighted by atomic mass is 10.1. The van der Waals surface area contributed by atoms with Crippen molar-refractivity contribution in [3.05, 3.63) is 58.9 Å². The highest BCUT2D eigenvalue weighted by atomic mass is 19.1. The molecule has 0 aromatic heterocycles. The van der Waals surface area contributed by atoms with E-state index < -0.39 is 5.82 Å². The second kappa shape index (κ2) is 5.40. The standard InChI is InChI=1S/C15H13FN2O/c1-10-14(16)6-12(8-17)7-15(10)18-9-11-2-4-13(19)5-3-11/h2-7,18-19H,9H2,1H3. The molecule has 0 atom stereocenters. The fourth-order valence-corrected chi connectivity index (χ4v) is 1.74. The van der Waals surface area contributed by atoms with Gasteiger partial charge in [-0.2, -0.15) is 5.26 Å². The third-order valence-electron chi connectivity index (χ3n) is 2.89. The summed E-state index contributed by atoms with van der Waals surface area (Å²) in [5, 5.41) is 21.1. The lowest BCUT2D eigenvalue weighted by molar-refractivity contribution is 0.475. The molecule has 0 bridgehead atoms. The van der Waals surface area contributed by atoms with Crippen LogP contribution >= 0.6 is 0 Å². The summed E-state index contributed by atoms with van der Waals surface area (Å²) < 4.78 is 13.6. The first-order valence-corrected chi connectivity index (χ1v) is 5.82. The van der Waals surface area contributed by atoms with Crippen molar-refractivity contribution >= 4 is 5.69 Å². The SMILES string of the molecule is Cc1c(F)cc(C#N)cc1NCc1ccc(O)cc1. The number of phenols is 1. The predicted octanol–water partition coefficient (Wildman–Crippen LogP) is 3.32. The Kier molecular flexibility index (Phi) is 3.67. The molecule has 0 unspecified atom stereocenters. The molecule has 0 spiro atoms. The van der Waals surface area contributed by atoms with Crippen molar-refractivity contribution in [3.8, 4) is 11.8 Å². The number of benzene rings is 2. The zero-order valence-electron chi connectivity index (χ0n) is 10.4. The van der Waals surface area contributed by atoms with E-state index in [2.05, 4.69) is 5.32 Å². The summed E-state index contributed by atoms with van der Waals surface area (Å²) >= 11 is 0. The number of phenolic OH excluding ortho intramolecular Hbond substituents is 1. The van der Waals surface area contributed by atoms with E-state index in [1.54, 1.807) is 37.3 Å². The number of anilines is 1. The van der Waals surface area contributed by atoms with Crippen molar-refractivity contribution in [1.82, 2.24) is 0 Å². The normalized spacial score (nSPS) is 9.95. The van der Waals surface area contributed by atoms with Crippen molar-refractivity contribution < 1.29 is 9.50 Å². The highest BCUT2D eigenvalue weighted by Crippen LogP contribution is 2.21. The van der Waals surface area contributed by atoms with Crippen LogP contribution in [-0.4, -0.2) is 5.11 Å². The Bertz CT molecular complexity index is 630. The molecule has 0 aliphatic carbocycles. The molecule has 0 amide bonds. The van der Waals surface area contributed by atoms with Crippen LogP contribution in [0, 0.1) is 24.1 Å². The fourth-order valence-electron chi connectivity index (χ4n) is 1.74. The van der Waals surface area contributed by atoms with Crippen LogP contribution in [0.5, 0.6) is 5.75 Å². The first-order valence-electron chi connectivity index (χ1n) is 5.82. The van der Waals surface area contributed by atoms with Gasteiger partial charge in [0, 0.05) is 17.8 Å². The van der Waals surface area contributed by atoms with Gasteiger partial charge in [-0.3, -0.25) is 0 Å². The lowest BCUT2D eigenvalue weighted by Crippen LogP contribution is -2.02. The third-order valence-corrected chi connectivity index (χ3v) is 2.89. The first kappa shape index (κ1) is 12.9. The van der Waals surface area contributed by atoms with Crippen LogP contribution < -0.4 is 5.32 Å². The van der Waals surface area contributed by atoms with Crippen molar-refractivity contribution in [2.24, 2.45) is 0 Å². The van der Waals surface area contributed by atoms with Crippen LogP contribution in [0.15, 0.2) is 36.4 Å². The summed E-state index contributed by atoms with van der Waals surface area (Å²) in [4.78, 5) is 0. The molecule has 0 saturated carbocycles.